The van der Waals surface area contributed by atoms with E-state index in [0.717, 1.165) is 11.3 Å². The number of amides is 3. The molecule has 10 heteroatoms. The zero-order valence-electron chi connectivity index (χ0n) is 18.1. The first-order chi connectivity index (χ1) is 15.7. The van der Waals surface area contributed by atoms with Gasteiger partial charge in [-0.2, -0.15) is 5.10 Å². The third kappa shape index (κ3) is 4.62. The van der Waals surface area contributed by atoms with Crippen molar-refractivity contribution in [3.8, 4) is 5.69 Å². The number of nitrogens with one attached hydrogen (secondary N) is 2. The van der Waals surface area contributed by atoms with Gasteiger partial charge in [-0.15, -0.1) is 12.6 Å². The van der Waals surface area contributed by atoms with Crippen molar-refractivity contribution in [1.82, 2.24) is 20.0 Å². The number of hydrogen-bond donors (Lipinski definition) is 4. The predicted molar refractivity (Wildman–Crippen MR) is 127 cm³/mol. The van der Waals surface area contributed by atoms with E-state index in [9.17, 15) is 14.4 Å². The van der Waals surface area contributed by atoms with Gasteiger partial charge in [0.1, 0.15) is 5.50 Å². The standard InChI is InChI=1S/C23H24N6O3S/c1-23(2)21(32)28(22(33)26-23)12-14-7-6-8-15(11-14)20(31)25-17-13-29(27-18(17)19(24)30)16-9-4-3-5-10-16/h3-11,13,22,26,33H,12H2,1-2H3,(H2,24,30)(H,25,31). The van der Waals surface area contributed by atoms with Crippen LogP contribution in [0.15, 0.2) is 60.8 Å². The van der Waals surface area contributed by atoms with Crippen LogP contribution in [0, 0.1) is 0 Å². The summed E-state index contributed by atoms with van der Waals surface area (Å²) in [6.45, 7) is 3.89. The van der Waals surface area contributed by atoms with E-state index in [-0.39, 0.29) is 17.3 Å². The fourth-order valence-corrected chi connectivity index (χ4v) is 4.16. The van der Waals surface area contributed by atoms with E-state index < -0.39 is 22.9 Å². The highest BCUT2D eigenvalue weighted by molar-refractivity contribution is 7.80. The molecule has 0 bridgehead atoms. The highest BCUT2D eigenvalue weighted by atomic mass is 32.1. The van der Waals surface area contributed by atoms with E-state index >= 15 is 0 Å². The fourth-order valence-electron chi connectivity index (χ4n) is 3.65. The minimum atomic E-state index is -0.754. The van der Waals surface area contributed by atoms with E-state index in [1.54, 1.807) is 43.1 Å². The predicted octanol–water partition coefficient (Wildman–Crippen LogP) is 2.15. The molecule has 1 unspecified atom stereocenters. The summed E-state index contributed by atoms with van der Waals surface area (Å²) >= 11 is 4.45. The first kappa shape index (κ1) is 22.6. The zero-order chi connectivity index (χ0) is 23.8. The average Bonchev–Trinajstić information content (AvgIpc) is 3.29. The maximum absolute atomic E-state index is 12.9. The number of rotatable bonds is 6. The van der Waals surface area contributed by atoms with Crippen LogP contribution in [-0.4, -0.2) is 43.4 Å². The highest BCUT2D eigenvalue weighted by Crippen LogP contribution is 2.24. The summed E-state index contributed by atoms with van der Waals surface area (Å²) in [5, 5.41) is 10.1. The van der Waals surface area contributed by atoms with Gasteiger partial charge < -0.3 is 16.0 Å². The third-order valence-electron chi connectivity index (χ3n) is 5.34. The van der Waals surface area contributed by atoms with E-state index in [1.807, 2.05) is 36.4 Å². The Kier molecular flexibility index (Phi) is 5.96. The highest BCUT2D eigenvalue weighted by Gasteiger charge is 2.43. The molecule has 1 aromatic heterocycles. The second-order valence-corrected chi connectivity index (χ2v) is 8.76. The Labute approximate surface area is 196 Å². The van der Waals surface area contributed by atoms with Crippen LogP contribution >= 0.6 is 12.6 Å². The largest absolute Gasteiger partial charge is 0.364 e. The number of para-hydroxylation sites is 1. The fraction of sp³-hybridized carbons (Fsp3) is 0.217. The molecule has 1 fully saturated rings. The lowest BCUT2D eigenvalue weighted by Crippen LogP contribution is -2.40. The van der Waals surface area contributed by atoms with E-state index in [1.165, 1.54) is 4.68 Å². The van der Waals surface area contributed by atoms with Crippen LogP contribution in [0.4, 0.5) is 5.69 Å². The maximum atomic E-state index is 12.9. The van der Waals surface area contributed by atoms with Gasteiger partial charge >= 0.3 is 0 Å². The first-order valence-electron chi connectivity index (χ1n) is 10.3. The van der Waals surface area contributed by atoms with Gasteiger partial charge in [0.25, 0.3) is 11.8 Å². The molecule has 4 N–H and O–H groups in total. The number of anilines is 1. The Balaban J connectivity index is 1.55. The number of thiol groups is 1. The Morgan fingerprint density at radius 3 is 2.55 bits per heavy atom. The summed E-state index contributed by atoms with van der Waals surface area (Å²) in [5.41, 5.74) is 6.35. The molecule has 1 atom stereocenters. The lowest BCUT2D eigenvalue weighted by Gasteiger charge is -2.20. The van der Waals surface area contributed by atoms with Gasteiger partial charge in [-0.1, -0.05) is 30.3 Å². The van der Waals surface area contributed by atoms with Crippen LogP contribution in [0.3, 0.4) is 0 Å². The van der Waals surface area contributed by atoms with Gasteiger partial charge in [0, 0.05) is 12.1 Å². The number of nitrogens with two attached hydrogens (primary N) is 1. The number of hydrogen-bond acceptors (Lipinski definition) is 6. The lowest BCUT2D eigenvalue weighted by atomic mass is 10.1. The van der Waals surface area contributed by atoms with Gasteiger partial charge in [0.2, 0.25) is 5.91 Å². The second kappa shape index (κ2) is 8.72. The minimum Gasteiger partial charge on any atom is -0.364 e. The second-order valence-electron chi connectivity index (χ2n) is 8.27. The number of primary amides is 1. The lowest BCUT2D eigenvalue weighted by molar-refractivity contribution is -0.132. The molecule has 0 radical (unpaired) electrons. The molecule has 1 aliphatic heterocycles. The summed E-state index contributed by atoms with van der Waals surface area (Å²) in [4.78, 5) is 39.0. The molecule has 2 aromatic carbocycles. The topological polar surface area (TPSA) is 122 Å². The molecule has 4 rings (SSSR count). The molecule has 3 amide bonds. The molecule has 1 aliphatic rings. The third-order valence-corrected chi connectivity index (χ3v) is 5.75. The van der Waals surface area contributed by atoms with E-state index in [2.05, 4.69) is 28.4 Å². The average molecular weight is 465 g/mol. The van der Waals surface area contributed by atoms with Gasteiger partial charge in [0.05, 0.1) is 23.1 Å². The van der Waals surface area contributed by atoms with Crippen molar-refractivity contribution in [1.29, 1.82) is 0 Å². The molecule has 0 saturated carbocycles. The van der Waals surface area contributed by atoms with Crippen molar-refractivity contribution in [2.45, 2.75) is 31.4 Å². The molecule has 3 aromatic rings. The van der Waals surface area contributed by atoms with Crippen LogP contribution in [-0.2, 0) is 11.3 Å². The number of benzene rings is 2. The van der Waals surface area contributed by atoms with Gasteiger partial charge in [0.15, 0.2) is 5.69 Å². The van der Waals surface area contributed by atoms with Gasteiger partial charge in [-0.3, -0.25) is 19.7 Å². The molecule has 9 nitrogen and oxygen atoms in total. The van der Waals surface area contributed by atoms with Crippen LogP contribution < -0.4 is 16.4 Å². The monoisotopic (exact) mass is 464 g/mol. The van der Waals surface area contributed by atoms with Crippen molar-refractivity contribution in [2.75, 3.05) is 5.32 Å². The molecular formula is C23H24N6O3S. The quantitative estimate of drug-likeness (QED) is 0.417. The number of nitrogens with zero attached hydrogens (tertiary/aromatic N) is 3. The summed E-state index contributed by atoms with van der Waals surface area (Å²) < 4.78 is 1.48. The smallest absolute Gasteiger partial charge is 0.271 e. The molecule has 0 aliphatic carbocycles. The Bertz CT molecular complexity index is 1220. The van der Waals surface area contributed by atoms with Crippen LogP contribution in [0.5, 0.6) is 0 Å². The van der Waals surface area contributed by atoms with Gasteiger partial charge in [-0.05, 0) is 43.7 Å². The molecular weight excluding hydrogens is 440 g/mol. The molecule has 2 heterocycles. The van der Waals surface area contributed by atoms with Crippen LogP contribution in [0.1, 0.15) is 40.3 Å². The SMILES string of the molecule is CC1(C)NC(S)N(Cc2cccc(C(=O)Nc3cn(-c4ccccc4)nc3C(N)=O)c2)C1=O. The summed E-state index contributed by atoms with van der Waals surface area (Å²) in [6, 6.07) is 16.1. The van der Waals surface area contributed by atoms with Crippen molar-refractivity contribution < 1.29 is 14.4 Å². The summed E-state index contributed by atoms with van der Waals surface area (Å²) in [5.74, 6) is -1.26. The van der Waals surface area contributed by atoms with Gasteiger partial charge in [-0.25, -0.2) is 4.68 Å². The molecule has 1 saturated heterocycles. The first-order valence-corrected chi connectivity index (χ1v) is 10.8. The van der Waals surface area contributed by atoms with Crippen LogP contribution in [0.25, 0.3) is 5.69 Å². The Hall–Kier alpha value is -3.63. The van der Waals surface area contributed by atoms with Crippen molar-refractivity contribution in [3.05, 3.63) is 77.6 Å². The number of carbonyl (C=O) groups is 3. The normalized spacial score (nSPS) is 17.2. The van der Waals surface area contributed by atoms with E-state index in [4.69, 9.17) is 5.73 Å². The van der Waals surface area contributed by atoms with Crippen molar-refractivity contribution in [2.24, 2.45) is 5.73 Å². The molecule has 170 valence electrons. The van der Waals surface area contributed by atoms with E-state index in [0.29, 0.717) is 12.1 Å². The Morgan fingerprint density at radius 2 is 1.91 bits per heavy atom. The van der Waals surface area contributed by atoms with Crippen LogP contribution in [0.2, 0.25) is 0 Å². The van der Waals surface area contributed by atoms with Crippen molar-refractivity contribution >= 4 is 36.0 Å². The minimum absolute atomic E-state index is 0.0442. The Morgan fingerprint density at radius 1 is 1.18 bits per heavy atom. The summed E-state index contributed by atoms with van der Waals surface area (Å²) in [7, 11) is 0. The summed E-state index contributed by atoms with van der Waals surface area (Å²) in [6.07, 6.45) is 1.54. The zero-order valence-corrected chi connectivity index (χ0v) is 19.0. The number of aromatic nitrogens is 2. The number of carbonyl (C=O) groups excluding carboxylic acids is 3. The maximum Gasteiger partial charge on any atom is 0.271 e. The van der Waals surface area contributed by atoms with Crippen molar-refractivity contribution in [3.63, 3.8) is 0 Å². The molecule has 0 spiro atoms. The molecule has 33 heavy (non-hydrogen) atoms.